The molecule has 74 valence electrons. The monoisotopic (exact) mass is 194 g/mol. The highest BCUT2D eigenvalue weighted by Crippen LogP contribution is 2.18. The Balaban J connectivity index is 2.25. The zero-order chi connectivity index (χ0) is 9.97. The molecule has 0 aromatic carbocycles. The van der Waals surface area contributed by atoms with Crippen LogP contribution in [-0.2, 0) is 0 Å². The molecule has 0 aliphatic carbocycles. The van der Waals surface area contributed by atoms with Crippen molar-refractivity contribution in [3.05, 3.63) is 28.4 Å². The molecule has 0 bridgehead atoms. The van der Waals surface area contributed by atoms with Crippen molar-refractivity contribution in [1.29, 1.82) is 0 Å². The fraction of sp³-hybridized carbons (Fsp3) is 0.375. The van der Waals surface area contributed by atoms with Crippen LogP contribution in [-0.4, -0.2) is 23.0 Å². The molecule has 1 aromatic heterocycles. The van der Waals surface area contributed by atoms with Crippen LogP contribution in [0.2, 0.25) is 0 Å². The van der Waals surface area contributed by atoms with E-state index in [0.29, 0.717) is 5.82 Å². The van der Waals surface area contributed by atoms with Gasteiger partial charge >= 0.3 is 0 Å². The number of nitro groups is 1. The van der Waals surface area contributed by atoms with Crippen LogP contribution in [0.5, 0.6) is 0 Å². The molecular weight excluding hydrogens is 184 g/mol. The molecule has 0 spiro atoms. The van der Waals surface area contributed by atoms with Gasteiger partial charge in [0.2, 0.25) is 0 Å². The van der Waals surface area contributed by atoms with Gasteiger partial charge in [-0.05, 0) is 6.42 Å². The van der Waals surface area contributed by atoms with Crippen molar-refractivity contribution in [2.45, 2.75) is 6.42 Å². The van der Waals surface area contributed by atoms with Gasteiger partial charge in [0, 0.05) is 25.4 Å². The Hall–Kier alpha value is -1.69. The number of hydrogen-bond donors (Lipinski definition) is 1. The number of hydrazine groups is 1. The first-order valence-corrected chi connectivity index (χ1v) is 4.39. The van der Waals surface area contributed by atoms with E-state index in [-0.39, 0.29) is 5.69 Å². The molecular formula is C8H10N4O2. The standard InChI is InChI=1S/C8H10N4O2/c13-12(14)7-2-4-9-8(6-7)11-5-1-3-10-11/h2,4,6,10H,1,3,5H2. The van der Waals surface area contributed by atoms with E-state index in [2.05, 4.69) is 10.4 Å². The maximum atomic E-state index is 10.5. The Morgan fingerprint density at radius 1 is 1.64 bits per heavy atom. The lowest BCUT2D eigenvalue weighted by Crippen LogP contribution is -2.31. The Bertz CT molecular complexity index is 349. The molecule has 2 rings (SSSR count). The fourth-order valence-electron chi connectivity index (χ4n) is 1.39. The predicted octanol–water partition coefficient (Wildman–Crippen LogP) is 0.705. The molecule has 1 N–H and O–H groups in total. The molecule has 14 heavy (non-hydrogen) atoms. The van der Waals surface area contributed by atoms with Crippen LogP contribution in [0.15, 0.2) is 18.3 Å². The minimum absolute atomic E-state index is 0.0729. The number of rotatable bonds is 2. The van der Waals surface area contributed by atoms with E-state index < -0.39 is 4.92 Å². The first-order valence-electron chi connectivity index (χ1n) is 4.39. The third kappa shape index (κ3) is 1.64. The van der Waals surface area contributed by atoms with Gasteiger partial charge < -0.3 is 0 Å². The maximum absolute atomic E-state index is 10.5. The minimum Gasteiger partial charge on any atom is -0.292 e. The van der Waals surface area contributed by atoms with E-state index in [9.17, 15) is 10.1 Å². The number of pyridine rings is 1. The van der Waals surface area contributed by atoms with Crippen molar-refractivity contribution in [2.24, 2.45) is 0 Å². The molecule has 0 amide bonds. The second-order valence-electron chi connectivity index (χ2n) is 3.04. The van der Waals surface area contributed by atoms with Crippen LogP contribution in [0, 0.1) is 10.1 Å². The first-order chi connectivity index (χ1) is 6.77. The molecule has 1 fully saturated rings. The van der Waals surface area contributed by atoms with Gasteiger partial charge in [-0.25, -0.2) is 10.4 Å². The number of hydrogen-bond acceptors (Lipinski definition) is 5. The lowest BCUT2D eigenvalue weighted by Gasteiger charge is -2.15. The van der Waals surface area contributed by atoms with Crippen LogP contribution < -0.4 is 10.4 Å². The molecule has 6 heteroatoms. The third-order valence-corrected chi connectivity index (χ3v) is 2.08. The predicted molar refractivity (Wildman–Crippen MR) is 50.9 cm³/mol. The van der Waals surface area contributed by atoms with E-state index in [1.807, 2.05) is 5.01 Å². The summed E-state index contributed by atoms with van der Waals surface area (Å²) < 4.78 is 0. The SMILES string of the molecule is O=[N+]([O-])c1ccnc(N2CCCN2)c1. The molecule has 0 saturated carbocycles. The van der Waals surface area contributed by atoms with E-state index in [1.165, 1.54) is 18.3 Å². The van der Waals surface area contributed by atoms with Gasteiger partial charge in [-0.15, -0.1) is 0 Å². The number of aromatic nitrogens is 1. The van der Waals surface area contributed by atoms with Gasteiger partial charge in [0.05, 0.1) is 11.0 Å². The van der Waals surface area contributed by atoms with Crippen molar-refractivity contribution in [1.82, 2.24) is 10.4 Å². The van der Waals surface area contributed by atoms with Gasteiger partial charge in [0.15, 0.2) is 0 Å². The normalized spacial score (nSPS) is 15.9. The topological polar surface area (TPSA) is 71.3 Å². The second-order valence-corrected chi connectivity index (χ2v) is 3.04. The van der Waals surface area contributed by atoms with Gasteiger partial charge in [-0.2, -0.15) is 0 Å². The Morgan fingerprint density at radius 2 is 2.50 bits per heavy atom. The Kier molecular flexibility index (Phi) is 2.28. The maximum Gasteiger partial charge on any atom is 0.274 e. The summed E-state index contributed by atoms with van der Waals surface area (Å²) in [6.45, 7) is 1.73. The highest BCUT2D eigenvalue weighted by atomic mass is 16.6. The lowest BCUT2D eigenvalue weighted by atomic mass is 10.4. The van der Waals surface area contributed by atoms with Gasteiger partial charge in [-0.3, -0.25) is 15.1 Å². The fourth-order valence-corrected chi connectivity index (χ4v) is 1.39. The van der Waals surface area contributed by atoms with Crippen LogP contribution in [0.1, 0.15) is 6.42 Å². The molecule has 0 atom stereocenters. The Morgan fingerprint density at radius 3 is 3.14 bits per heavy atom. The van der Waals surface area contributed by atoms with E-state index >= 15 is 0 Å². The molecule has 1 aromatic rings. The average molecular weight is 194 g/mol. The summed E-state index contributed by atoms with van der Waals surface area (Å²) in [7, 11) is 0. The van der Waals surface area contributed by atoms with Crippen molar-refractivity contribution in [3.8, 4) is 0 Å². The van der Waals surface area contributed by atoms with E-state index in [1.54, 1.807) is 0 Å². The molecule has 0 radical (unpaired) electrons. The van der Waals surface area contributed by atoms with Crippen molar-refractivity contribution in [2.75, 3.05) is 18.1 Å². The number of anilines is 1. The van der Waals surface area contributed by atoms with Crippen LogP contribution in [0.4, 0.5) is 11.5 Å². The molecule has 2 heterocycles. The van der Waals surface area contributed by atoms with Gasteiger partial charge in [-0.1, -0.05) is 0 Å². The lowest BCUT2D eigenvalue weighted by molar-refractivity contribution is -0.384. The molecule has 1 aliphatic heterocycles. The summed E-state index contributed by atoms with van der Waals surface area (Å²) in [5.41, 5.74) is 3.16. The number of nitrogens with zero attached hydrogens (tertiary/aromatic N) is 3. The zero-order valence-electron chi connectivity index (χ0n) is 7.51. The zero-order valence-corrected chi connectivity index (χ0v) is 7.51. The summed E-state index contributed by atoms with van der Waals surface area (Å²) in [6, 6.07) is 2.86. The summed E-state index contributed by atoms with van der Waals surface area (Å²) in [5.74, 6) is 0.608. The van der Waals surface area contributed by atoms with Gasteiger partial charge in [0.25, 0.3) is 5.69 Å². The second kappa shape index (κ2) is 3.59. The third-order valence-electron chi connectivity index (χ3n) is 2.08. The molecule has 1 aliphatic rings. The minimum atomic E-state index is -0.415. The van der Waals surface area contributed by atoms with E-state index in [0.717, 1.165) is 19.5 Å². The highest BCUT2D eigenvalue weighted by Gasteiger charge is 2.15. The van der Waals surface area contributed by atoms with Crippen molar-refractivity contribution in [3.63, 3.8) is 0 Å². The summed E-state index contributed by atoms with van der Waals surface area (Å²) in [4.78, 5) is 14.2. The smallest absolute Gasteiger partial charge is 0.274 e. The Labute approximate surface area is 80.7 Å². The quantitative estimate of drug-likeness (QED) is 0.554. The van der Waals surface area contributed by atoms with Gasteiger partial charge in [0.1, 0.15) is 5.82 Å². The first kappa shape index (κ1) is 8.89. The van der Waals surface area contributed by atoms with E-state index in [4.69, 9.17) is 0 Å². The van der Waals surface area contributed by atoms with Crippen LogP contribution >= 0.6 is 0 Å². The number of nitrogens with one attached hydrogen (secondary N) is 1. The molecule has 0 unspecified atom stereocenters. The summed E-state index contributed by atoms with van der Waals surface area (Å²) in [5, 5.41) is 12.3. The molecule has 6 nitrogen and oxygen atoms in total. The highest BCUT2D eigenvalue weighted by molar-refractivity contribution is 5.46. The average Bonchev–Trinajstić information content (AvgIpc) is 2.71. The molecule has 1 saturated heterocycles. The van der Waals surface area contributed by atoms with Crippen molar-refractivity contribution >= 4 is 11.5 Å². The summed E-state index contributed by atoms with van der Waals surface area (Å²) >= 11 is 0. The summed E-state index contributed by atoms with van der Waals surface area (Å²) in [6.07, 6.45) is 2.48. The van der Waals surface area contributed by atoms with Crippen LogP contribution in [0.3, 0.4) is 0 Å². The van der Waals surface area contributed by atoms with Crippen LogP contribution in [0.25, 0.3) is 0 Å². The largest absolute Gasteiger partial charge is 0.292 e. The van der Waals surface area contributed by atoms with Crippen molar-refractivity contribution < 1.29 is 4.92 Å².